The number of carbonyl (C=O) groups excluding carboxylic acids is 1. The maximum Gasteiger partial charge on any atom is 0.271 e. The number of rotatable bonds is 5. The molecular formula is C14H15N3O4. The number of aliphatic hydroxyl groups is 1. The fraction of sp³-hybridized carbons (Fsp3) is 0.214. The van der Waals surface area contributed by atoms with E-state index < -0.39 is 12.0 Å². The lowest BCUT2D eigenvalue weighted by Crippen LogP contribution is -2.29. The minimum atomic E-state index is -0.845. The van der Waals surface area contributed by atoms with Crippen LogP contribution in [0.5, 0.6) is 5.75 Å². The molecule has 0 fully saturated rings. The molecule has 0 aliphatic heterocycles. The summed E-state index contributed by atoms with van der Waals surface area (Å²) >= 11 is 0. The van der Waals surface area contributed by atoms with E-state index in [-0.39, 0.29) is 17.8 Å². The first-order chi connectivity index (χ1) is 10.1. The van der Waals surface area contributed by atoms with Gasteiger partial charge in [-0.25, -0.2) is 5.10 Å². The Morgan fingerprint density at radius 2 is 2.05 bits per heavy atom. The molecule has 3 N–H and O–H groups in total. The molecule has 1 heterocycles. The Morgan fingerprint density at radius 3 is 2.62 bits per heavy atom. The second-order valence-corrected chi connectivity index (χ2v) is 4.31. The summed E-state index contributed by atoms with van der Waals surface area (Å²) in [6.45, 7) is 0.0337. The number of methoxy groups -OCH3 is 1. The Balaban J connectivity index is 1.93. The van der Waals surface area contributed by atoms with E-state index in [1.165, 1.54) is 12.1 Å². The van der Waals surface area contributed by atoms with E-state index >= 15 is 0 Å². The van der Waals surface area contributed by atoms with Crippen LogP contribution in [-0.2, 0) is 0 Å². The molecule has 2 aromatic rings. The molecule has 2 rings (SSSR count). The first kappa shape index (κ1) is 14.7. The van der Waals surface area contributed by atoms with Gasteiger partial charge in [-0.05, 0) is 23.8 Å². The maximum atomic E-state index is 11.8. The predicted molar refractivity (Wildman–Crippen MR) is 75.1 cm³/mol. The van der Waals surface area contributed by atoms with Gasteiger partial charge in [-0.15, -0.1) is 0 Å². The molecule has 1 unspecified atom stereocenters. The Morgan fingerprint density at radius 1 is 1.33 bits per heavy atom. The van der Waals surface area contributed by atoms with Gasteiger partial charge in [0.1, 0.15) is 11.4 Å². The molecule has 7 nitrogen and oxygen atoms in total. The lowest BCUT2D eigenvalue weighted by atomic mass is 10.1. The van der Waals surface area contributed by atoms with Crippen molar-refractivity contribution in [3.63, 3.8) is 0 Å². The Hall–Kier alpha value is -2.67. The second kappa shape index (κ2) is 6.67. The minimum Gasteiger partial charge on any atom is -0.497 e. The van der Waals surface area contributed by atoms with Crippen molar-refractivity contribution in [2.24, 2.45) is 0 Å². The third-order valence-electron chi connectivity index (χ3n) is 2.87. The zero-order valence-electron chi connectivity index (χ0n) is 11.4. The molecule has 0 aliphatic rings. The highest BCUT2D eigenvalue weighted by Gasteiger charge is 2.12. The van der Waals surface area contributed by atoms with E-state index in [4.69, 9.17) is 4.74 Å². The molecule has 110 valence electrons. The minimum absolute atomic E-state index is 0.0337. The molecule has 0 aliphatic carbocycles. The quantitative estimate of drug-likeness (QED) is 0.731. The first-order valence-corrected chi connectivity index (χ1v) is 6.26. The van der Waals surface area contributed by atoms with Crippen molar-refractivity contribution >= 4 is 5.91 Å². The molecule has 0 spiro atoms. The summed E-state index contributed by atoms with van der Waals surface area (Å²) in [5.74, 6) is 0.214. The van der Waals surface area contributed by atoms with Crippen molar-refractivity contribution < 1.29 is 14.6 Å². The van der Waals surface area contributed by atoms with Crippen LogP contribution in [0, 0.1) is 0 Å². The van der Waals surface area contributed by atoms with Gasteiger partial charge in [0, 0.05) is 12.6 Å². The molecule has 7 heteroatoms. The van der Waals surface area contributed by atoms with Gasteiger partial charge in [0.2, 0.25) is 0 Å². The number of hydrogen-bond acceptors (Lipinski definition) is 5. The Labute approximate surface area is 120 Å². The molecule has 0 saturated heterocycles. The van der Waals surface area contributed by atoms with Gasteiger partial charge in [-0.1, -0.05) is 12.1 Å². The summed E-state index contributed by atoms with van der Waals surface area (Å²) in [5, 5.41) is 18.3. The maximum absolute atomic E-state index is 11.8. The molecule has 21 heavy (non-hydrogen) atoms. The zero-order chi connectivity index (χ0) is 15.2. The van der Waals surface area contributed by atoms with Crippen molar-refractivity contribution in [1.82, 2.24) is 15.5 Å². The zero-order valence-corrected chi connectivity index (χ0v) is 11.4. The number of nitrogens with one attached hydrogen (secondary N) is 2. The topological polar surface area (TPSA) is 104 Å². The number of ether oxygens (including phenoxy) is 1. The smallest absolute Gasteiger partial charge is 0.271 e. The normalized spacial score (nSPS) is 11.7. The summed E-state index contributed by atoms with van der Waals surface area (Å²) in [6, 6.07) is 9.41. The fourth-order valence-electron chi connectivity index (χ4n) is 1.69. The third kappa shape index (κ3) is 3.90. The molecule has 0 bridgehead atoms. The number of nitrogens with zero attached hydrogens (tertiary/aromatic N) is 1. The van der Waals surface area contributed by atoms with Crippen LogP contribution in [0.25, 0.3) is 0 Å². The highest BCUT2D eigenvalue weighted by Crippen LogP contribution is 2.16. The van der Waals surface area contributed by atoms with Crippen LogP contribution in [-0.4, -0.2) is 34.9 Å². The number of aliphatic hydroxyl groups excluding tert-OH is 1. The predicted octanol–water partition coefficient (Wildman–Crippen LogP) is 0.242. The number of benzene rings is 1. The number of H-pyrrole nitrogens is 1. The average Bonchev–Trinajstić information content (AvgIpc) is 2.53. The van der Waals surface area contributed by atoms with Crippen molar-refractivity contribution in [1.29, 1.82) is 0 Å². The fourth-order valence-corrected chi connectivity index (χ4v) is 1.69. The van der Waals surface area contributed by atoms with Gasteiger partial charge in [0.05, 0.1) is 13.2 Å². The Kier molecular flexibility index (Phi) is 4.68. The molecule has 1 aromatic carbocycles. The first-order valence-electron chi connectivity index (χ1n) is 6.26. The Bertz CT molecular complexity index is 646. The molecule has 1 aromatic heterocycles. The summed E-state index contributed by atoms with van der Waals surface area (Å²) in [7, 11) is 1.56. The monoisotopic (exact) mass is 289 g/mol. The van der Waals surface area contributed by atoms with Gasteiger partial charge in [0.25, 0.3) is 11.5 Å². The summed E-state index contributed by atoms with van der Waals surface area (Å²) < 4.78 is 5.03. The van der Waals surface area contributed by atoms with Crippen LogP contribution < -0.4 is 15.6 Å². The largest absolute Gasteiger partial charge is 0.497 e. The van der Waals surface area contributed by atoms with Crippen molar-refractivity contribution in [3.05, 3.63) is 58.0 Å². The van der Waals surface area contributed by atoms with Crippen LogP contribution in [0.3, 0.4) is 0 Å². The third-order valence-corrected chi connectivity index (χ3v) is 2.87. The van der Waals surface area contributed by atoms with Crippen molar-refractivity contribution in [3.8, 4) is 5.75 Å². The molecule has 0 saturated carbocycles. The number of carbonyl (C=O) groups is 1. The van der Waals surface area contributed by atoms with E-state index in [1.807, 2.05) is 0 Å². The van der Waals surface area contributed by atoms with Crippen LogP contribution in [0.2, 0.25) is 0 Å². The van der Waals surface area contributed by atoms with E-state index in [1.54, 1.807) is 31.4 Å². The summed E-state index contributed by atoms with van der Waals surface area (Å²) in [6.07, 6.45) is -0.845. The van der Waals surface area contributed by atoms with Crippen LogP contribution in [0.1, 0.15) is 22.2 Å². The van der Waals surface area contributed by atoms with E-state index in [9.17, 15) is 14.7 Å². The van der Waals surface area contributed by atoms with Crippen LogP contribution in [0.15, 0.2) is 41.2 Å². The number of aromatic nitrogens is 2. The summed E-state index contributed by atoms with van der Waals surface area (Å²) in [4.78, 5) is 22.6. The van der Waals surface area contributed by atoms with E-state index in [2.05, 4.69) is 15.5 Å². The highest BCUT2D eigenvalue weighted by molar-refractivity contribution is 5.91. The lowest BCUT2D eigenvalue weighted by molar-refractivity contribution is 0.0910. The highest BCUT2D eigenvalue weighted by atomic mass is 16.5. The van der Waals surface area contributed by atoms with Gasteiger partial charge in [0.15, 0.2) is 0 Å². The molecule has 1 amide bonds. The van der Waals surface area contributed by atoms with Gasteiger partial charge >= 0.3 is 0 Å². The van der Waals surface area contributed by atoms with Crippen LogP contribution >= 0.6 is 0 Å². The van der Waals surface area contributed by atoms with Crippen LogP contribution in [0.4, 0.5) is 0 Å². The standard InChI is InChI=1S/C14H15N3O4/c1-21-10-4-2-9(3-5-10)12(18)8-15-14(20)11-6-7-13(19)17-16-11/h2-7,12,18H,8H2,1H3,(H,15,20)(H,17,19). The lowest BCUT2D eigenvalue weighted by Gasteiger charge is -2.12. The second-order valence-electron chi connectivity index (χ2n) is 4.31. The number of amides is 1. The SMILES string of the molecule is COc1ccc(C(O)CNC(=O)c2ccc(=O)[nH]n2)cc1. The van der Waals surface area contributed by atoms with Gasteiger partial charge < -0.3 is 15.2 Å². The molecule has 1 atom stereocenters. The van der Waals surface area contributed by atoms with E-state index in [0.29, 0.717) is 11.3 Å². The van der Waals surface area contributed by atoms with Crippen molar-refractivity contribution in [2.45, 2.75) is 6.10 Å². The van der Waals surface area contributed by atoms with Gasteiger partial charge in [-0.3, -0.25) is 9.59 Å². The average molecular weight is 289 g/mol. The van der Waals surface area contributed by atoms with E-state index in [0.717, 1.165) is 0 Å². The van der Waals surface area contributed by atoms with Crippen molar-refractivity contribution in [2.75, 3.05) is 13.7 Å². The summed E-state index contributed by atoms with van der Waals surface area (Å²) in [5.41, 5.74) is 0.354. The number of hydrogen-bond donors (Lipinski definition) is 3. The molecular weight excluding hydrogens is 274 g/mol. The van der Waals surface area contributed by atoms with Gasteiger partial charge in [-0.2, -0.15) is 5.10 Å². The number of aromatic amines is 1. The molecule has 0 radical (unpaired) electrons.